The van der Waals surface area contributed by atoms with E-state index in [-0.39, 0.29) is 17.8 Å². The summed E-state index contributed by atoms with van der Waals surface area (Å²) in [6.45, 7) is 8.86. The Balaban J connectivity index is 2.89. The normalized spacial score (nSPS) is 14.4. The third kappa shape index (κ3) is 7.58. The molecular weight excluding hydrogens is 368 g/mol. The average molecular weight is 399 g/mol. The first-order valence-corrected chi connectivity index (χ1v) is 10.6. The fourth-order valence-corrected chi connectivity index (χ4v) is 4.20. The van der Waals surface area contributed by atoms with Crippen molar-refractivity contribution in [3.05, 3.63) is 35.4 Å². The van der Waals surface area contributed by atoms with Crippen molar-refractivity contribution in [1.82, 2.24) is 5.32 Å². The van der Waals surface area contributed by atoms with E-state index >= 15 is 0 Å². The van der Waals surface area contributed by atoms with Crippen molar-refractivity contribution >= 4 is 22.1 Å². The lowest BCUT2D eigenvalue weighted by Gasteiger charge is -2.24. The lowest BCUT2D eigenvalue weighted by atomic mass is 10.1. The molecule has 0 saturated heterocycles. The predicted octanol–water partition coefficient (Wildman–Crippen LogP) is 3.30. The first-order chi connectivity index (χ1) is 12.6. The molecule has 1 aromatic rings. The number of ether oxygens (including phenoxy) is 1. The van der Waals surface area contributed by atoms with E-state index in [1.54, 1.807) is 51.3 Å². The summed E-state index contributed by atoms with van der Waals surface area (Å²) in [5, 5.41) is 5.65. The molecule has 0 heterocycles. The molecule has 0 aromatic heterocycles. The van der Waals surface area contributed by atoms with Crippen molar-refractivity contribution in [2.75, 3.05) is 12.9 Å². The Hall–Kier alpha value is -2.09. The molecule has 1 rings (SSSR count). The van der Waals surface area contributed by atoms with Gasteiger partial charge in [0.05, 0.1) is 23.3 Å². The summed E-state index contributed by atoms with van der Waals surface area (Å²) in [5.74, 6) is -0.217. The molecule has 0 aliphatic carbocycles. The number of carbonyl (C=O) groups excluding carboxylic acids is 1. The van der Waals surface area contributed by atoms with Crippen LogP contribution in [-0.4, -0.2) is 45.7 Å². The molecule has 0 fully saturated rings. The number of benzene rings is 1. The number of alkyl carbamates (subject to hydrolysis) is 1. The van der Waals surface area contributed by atoms with Crippen molar-refractivity contribution in [1.29, 1.82) is 0 Å². The minimum atomic E-state index is -3.49. The zero-order valence-electron chi connectivity index (χ0n) is 16.8. The summed E-state index contributed by atoms with van der Waals surface area (Å²) in [5.41, 5.74) is 1.49. The van der Waals surface area contributed by atoms with Crippen LogP contribution in [0.3, 0.4) is 0 Å². The van der Waals surface area contributed by atoms with Gasteiger partial charge in [0.15, 0.2) is 9.84 Å². The quantitative estimate of drug-likeness (QED) is 0.509. The molecule has 0 aliphatic heterocycles. The molecule has 0 saturated carbocycles. The molecule has 1 aromatic carbocycles. The minimum Gasteiger partial charge on any atom is -0.447 e. The highest BCUT2D eigenvalue weighted by molar-refractivity contribution is 7.91. The number of sulfone groups is 1. The molecule has 8 heteroatoms. The molecule has 0 aliphatic rings. The van der Waals surface area contributed by atoms with Crippen LogP contribution in [0.4, 0.5) is 4.79 Å². The standard InChI is InChI=1S/C19H30N2O5S/c1-13(2)18(21-19(22)26-14(3)4)12-27(23,24)15(5)17-9-7-16(8-10-17)11-20-25-6/h7-11,13-15,18H,12H2,1-6H3,(H,21,22)/b20-11+. The first-order valence-electron chi connectivity index (χ1n) is 8.92. The number of nitrogens with one attached hydrogen (secondary N) is 1. The zero-order chi connectivity index (χ0) is 20.6. The third-order valence-electron chi connectivity index (χ3n) is 4.11. The summed E-state index contributed by atoms with van der Waals surface area (Å²) in [6.07, 6.45) is 0.670. The van der Waals surface area contributed by atoms with Gasteiger partial charge in [-0.05, 0) is 37.8 Å². The van der Waals surface area contributed by atoms with E-state index in [0.29, 0.717) is 5.56 Å². The number of rotatable bonds is 9. The lowest BCUT2D eigenvalue weighted by molar-refractivity contribution is 0.111. The van der Waals surface area contributed by atoms with E-state index in [2.05, 4.69) is 15.3 Å². The van der Waals surface area contributed by atoms with Crippen LogP contribution in [0.5, 0.6) is 0 Å². The van der Waals surface area contributed by atoms with Gasteiger partial charge in [-0.15, -0.1) is 0 Å². The van der Waals surface area contributed by atoms with Gasteiger partial charge in [0.1, 0.15) is 7.11 Å². The Morgan fingerprint density at radius 2 is 1.74 bits per heavy atom. The molecule has 0 radical (unpaired) electrons. The number of amides is 1. The number of hydrogen-bond donors (Lipinski definition) is 1. The fourth-order valence-electron chi connectivity index (χ4n) is 2.37. The Morgan fingerprint density at radius 3 is 2.22 bits per heavy atom. The number of carbonyl (C=O) groups is 1. The molecule has 27 heavy (non-hydrogen) atoms. The third-order valence-corrected chi connectivity index (χ3v) is 6.29. The highest BCUT2D eigenvalue weighted by atomic mass is 32.2. The van der Waals surface area contributed by atoms with Crippen LogP contribution < -0.4 is 5.32 Å². The van der Waals surface area contributed by atoms with Gasteiger partial charge in [0.25, 0.3) is 0 Å². The summed E-state index contributed by atoms with van der Waals surface area (Å²) >= 11 is 0. The van der Waals surface area contributed by atoms with Crippen molar-refractivity contribution in [2.24, 2.45) is 11.1 Å². The second-order valence-corrected chi connectivity index (χ2v) is 9.37. The van der Waals surface area contributed by atoms with Gasteiger partial charge in [0.2, 0.25) is 0 Å². The highest BCUT2D eigenvalue weighted by Gasteiger charge is 2.29. The van der Waals surface area contributed by atoms with E-state index in [4.69, 9.17) is 4.74 Å². The molecule has 0 spiro atoms. The second-order valence-electron chi connectivity index (χ2n) is 7.00. The van der Waals surface area contributed by atoms with Crippen LogP contribution in [0.15, 0.2) is 29.4 Å². The van der Waals surface area contributed by atoms with Gasteiger partial charge in [-0.3, -0.25) is 0 Å². The minimum absolute atomic E-state index is 0.0562. The zero-order valence-corrected chi connectivity index (χ0v) is 17.6. The molecule has 0 bridgehead atoms. The second kappa shape index (κ2) is 10.3. The molecule has 7 nitrogen and oxygen atoms in total. The maximum Gasteiger partial charge on any atom is 0.407 e. The van der Waals surface area contributed by atoms with Gasteiger partial charge < -0.3 is 14.9 Å². The van der Waals surface area contributed by atoms with Crippen molar-refractivity contribution < 1.29 is 22.8 Å². The summed E-state index contributed by atoms with van der Waals surface area (Å²) < 4.78 is 30.8. The van der Waals surface area contributed by atoms with Gasteiger partial charge in [-0.25, -0.2) is 13.2 Å². The van der Waals surface area contributed by atoms with E-state index in [0.717, 1.165) is 5.56 Å². The summed E-state index contributed by atoms with van der Waals surface area (Å²) in [4.78, 5) is 16.5. The average Bonchev–Trinajstić information content (AvgIpc) is 2.58. The lowest BCUT2D eigenvalue weighted by Crippen LogP contribution is -2.44. The Kier molecular flexibility index (Phi) is 8.75. The fraction of sp³-hybridized carbons (Fsp3) is 0.579. The van der Waals surface area contributed by atoms with E-state index in [1.165, 1.54) is 7.11 Å². The van der Waals surface area contributed by atoms with Gasteiger partial charge in [-0.1, -0.05) is 43.3 Å². The van der Waals surface area contributed by atoms with Crippen LogP contribution in [0.25, 0.3) is 0 Å². The smallest absolute Gasteiger partial charge is 0.407 e. The maximum atomic E-state index is 12.9. The Bertz CT molecular complexity index is 727. The topological polar surface area (TPSA) is 94.1 Å². The van der Waals surface area contributed by atoms with Crippen molar-refractivity contribution in [2.45, 2.75) is 52.0 Å². The van der Waals surface area contributed by atoms with Gasteiger partial charge in [0, 0.05) is 6.04 Å². The van der Waals surface area contributed by atoms with Gasteiger partial charge >= 0.3 is 6.09 Å². The molecule has 2 atom stereocenters. The summed E-state index contributed by atoms with van der Waals surface area (Å²) in [6, 6.07) is 6.54. The van der Waals surface area contributed by atoms with Crippen LogP contribution in [0.2, 0.25) is 0 Å². The Labute approximate surface area is 162 Å². The molecule has 1 amide bonds. The predicted molar refractivity (Wildman–Crippen MR) is 107 cm³/mol. The molecule has 1 N–H and O–H groups in total. The van der Waals surface area contributed by atoms with Crippen LogP contribution >= 0.6 is 0 Å². The molecule has 152 valence electrons. The monoisotopic (exact) mass is 398 g/mol. The van der Waals surface area contributed by atoms with Crippen LogP contribution in [0.1, 0.15) is 51.0 Å². The van der Waals surface area contributed by atoms with Gasteiger partial charge in [-0.2, -0.15) is 0 Å². The SMILES string of the molecule is CO/N=C/c1ccc(C(C)S(=O)(=O)CC(NC(=O)OC(C)C)C(C)C)cc1. The number of nitrogens with zero attached hydrogens (tertiary/aromatic N) is 1. The van der Waals surface area contributed by atoms with Crippen molar-refractivity contribution in [3.63, 3.8) is 0 Å². The summed E-state index contributed by atoms with van der Waals surface area (Å²) in [7, 11) is -2.04. The largest absolute Gasteiger partial charge is 0.447 e. The Morgan fingerprint density at radius 1 is 1.15 bits per heavy atom. The van der Waals surface area contributed by atoms with E-state index in [1.807, 2.05) is 13.8 Å². The van der Waals surface area contributed by atoms with Crippen LogP contribution in [0, 0.1) is 5.92 Å². The number of hydrogen-bond acceptors (Lipinski definition) is 6. The van der Waals surface area contributed by atoms with Crippen molar-refractivity contribution in [3.8, 4) is 0 Å². The molecular formula is C19H30N2O5S. The van der Waals surface area contributed by atoms with E-state index in [9.17, 15) is 13.2 Å². The first kappa shape index (κ1) is 23.0. The highest BCUT2D eigenvalue weighted by Crippen LogP contribution is 2.24. The number of oxime groups is 1. The van der Waals surface area contributed by atoms with Crippen LogP contribution in [-0.2, 0) is 19.4 Å². The maximum absolute atomic E-state index is 12.9. The molecule has 2 unspecified atom stereocenters. The van der Waals surface area contributed by atoms with E-state index < -0.39 is 27.2 Å².